The third-order valence-electron chi connectivity index (χ3n) is 4.81. The Balaban J connectivity index is 1.45. The molecule has 0 spiro atoms. The van der Waals surface area contributed by atoms with Crippen LogP contribution in [0, 0.1) is 5.92 Å². The van der Waals surface area contributed by atoms with Crippen LogP contribution < -0.4 is 0 Å². The highest BCUT2D eigenvalue weighted by molar-refractivity contribution is 9.10. The molecule has 2 aliphatic rings. The van der Waals surface area contributed by atoms with E-state index in [4.69, 9.17) is 0 Å². The van der Waals surface area contributed by atoms with Crippen LogP contribution in [0.1, 0.15) is 32.6 Å². The van der Waals surface area contributed by atoms with E-state index < -0.39 is 0 Å². The lowest BCUT2D eigenvalue weighted by Gasteiger charge is -2.41. The molecule has 2 saturated heterocycles. The Hall–Kier alpha value is -0.0300. The van der Waals surface area contributed by atoms with Crippen molar-refractivity contribution in [3.05, 3.63) is 28.7 Å². The molecule has 0 unspecified atom stereocenters. The number of benzene rings is 1. The van der Waals surface area contributed by atoms with Crippen molar-refractivity contribution in [2.45, 2.75) is 43.5 Å². The smallest absolute Gasteiger partial charge is 0.0231 e. The van der Waals surface area contributed by atoms with Gasteiger partial charge in [0.05, 0.1) is 0 Å². The van der Waals surface area contributed by atoms with Crippen LogP contribution in [0.3, 0.4) is 0 Å². The van der Waals surface area contributed by atoms with Crippen LogP contribution in [0.15, 0.2) is 33.6 Å². The zero-order chi connectivity index (χ0) is 14.7. The van der Waals surface area contributed by atoms with Gasteiger partial charge in [-0.3, -0.25) is 0 Å². The van der Waals surface area contributed by atoms with Crippen molar-refractivity contribution in [2.75, 3.05) is 26.2 Å². The van der Waals surface area contributed by atoms with Crippen molar-refractivity contribution < 1.29 is 0 Å². The summed E-state index contributed by atoms with van der Waals surface area (Å²) in [6.45, 7) is 7.49. The molecule has 2 heterocycles. The second kappa shape index (κ2) is 7.49. The van der Waals surface area contributed by atoms with Gasteiger partial charge in [0.1, 0.15) is 0 Å². The summed E-state index contributed by atoms with van der Waals surface area (Å²) in [6, 6.07) is 9.49. The number of hydrogen-bond acceptors (Lipinski definition) is 3. The fourth-order valence-electron chi connectivity index (χ4n) is 3.34. The topological polar surface area (TPSA) is 6.48 Å². The molecule has 116 valence electrons. The van der Waals surface area contributed by atoms with E-state index in [0.29, 0.717) is 0 Å². The molecule has 0 atom stereocenters. The number of hydrogen-bond donors (Lipinski definition) is 0. The van der Waals surface area contributed by atoms with Gasteiger partial charge in [0.2, 0.25) is 0 Å². The van der Waals surface area contributed by atoms with Gasteiger partial charge in [-0.25, -0.2) is 4.31 Å². The van der Waals surface area contributed by atoms with Crippen LogP contribution in [0.2, 0.25) is 0 Å². The highest BCUT2D eigenvalue weighted by atomic mass is 79.9. The van der Waals surface area contributed by atoms with Crippen molar-refractivity contribution in [1.82, 2.24) is 9.21 Å². The highest BCUT2D eigenvalue weighted by Crippen LogP contribution is 2.30. The summed E-state index contributed by atoms with van der Waals surface area (Å²) >= 11 is 5.41. The van der Waals surface area contributed by atoms with Gasteiger partial charge in [-0.1, -0.05) is 22.9 Å². The molecule has 0 amide bonds. The van der Waals surface area contributed by atoms with Gasteiger partial charge < -0.3 is 4.90 Å². The van der Waals surface area contributed by atoms with Crippen LogP contribution in [-0.2, 0) is 0 Å². The summed E-state index contributed by atoms with van der Waals surface area (Å²) in [5.41, 5.74) is 0. The van der Waals surface area contributed by atoms with Crippen molar-refractivity contribution >= 4 is 27.9 Å². The summed E-state index contributed by atoms with van der Waals surface area (Å²) in [4.78, 5) is 4.10. The maximum atomic E-state index is 3.50. The lowest BCUT2D eigenvalue weighted by atomic mass is 9.95. The number of nitrogens with zero attached hydrogens (tertiary/aromatic N) is 2. The number of rotatable bonds is 3. The zero-order valence-electron chi connectivity index (χ0n) is 12.8. The van der Waals surface area contributed by atoms with Gasteiger partial charge in [0.15, 0.2) is 0 Å². The number of halogens is 1. The summed E-state index contributed by atoms with van der Waals surface area (Å²) < 4.78 is 3.69. The monoisotopic (exact) mass is 368 g/mol. The minimum atomic E-state index is 0.833. The van der Waals surface area contributed by atoms with Crippen LogP contribution >= 0.6 is 27.9 Å². The van der Waals surface area contributed by atoms with Gasteiger partial charge in [0.25, 0.3) is 0 Å². The van der Waals surface area contributed by atoms with Crippen molar-refractivity contribution in [3.63, 3.8) is 0 Å². The Morgan fingerprint density at radius 2 is 1.57 bits per heavy atom. The SMILES string of the molecule is CC1CCN(C2CCN(Sc3ccc(Br)cc3)CC2)CC1. The fraction of sp³-hybridized carbons (Fsp3) is 0.647. The molecular weight excluding hydrogens is 344 g/mol. The maximum Gasteiger partial charge on any atom is 0.0231 e. The van der Waals surface area contributed by atoms with Crippen LogP contribution in [0.25, 0.3) is 0 Å². The first-order valence-corrected chi connectivity index (χ1v) is 9.70. The quantitative estimate of drug-likeness (QED) is 0.716. The van der Waals surface area contributed by atoms with Crippen molar-refractivity contribution in [2.24, 2.45) is 5.92 Å². The molecule has 0 N–H and O–H groups in total. The van der Waals surface area contributed by atoms with Crippen LogP contribution in [-0.4, -0.2) is 41.4 Å². The minimum absolute atomic E-state index is 0.833. The predicted molar refractivity (Wildman–Crippen MR) is 94.6 cm³/mol. The Labute approximate surface area is 141 Å². The molecule has 3 rings (SSSR count). The molecule has 2 nitrogen and oxygen atoms in total. The molecule has 0 bridgehead atoms. The van der Waals surface area contributed by atoms with Crippen LogP contribution in [0.5, 0.6) is 0 Å². The first-order valence-electron chi connectivity index (χ1n) is 8.13. The molecule has 4 heteroatoms. The van der Waals surface area contributed by atoms with Gasteiger partial charge in [0, 0.05) is 28.5 Å². The molecule has 2 fully saturated rings. The Bertz CT molecular complexity index is 435. The van der Waals surface area contributed by atoms with Gasteiger partial charge in [-0.2, -0.15) is 0 Å². The molecule has 0 aromatic heterocycles. The second-order valence-corrected chi connectivity index (χ2v) is 8.51. The molecule has 1 aromatic rings. The lowest BCUT2D eigenvalue weighted by molar-refractivity contribution is 0.103. The van der Waals surface area contributed by atoms with E-state index in [-0.39, 0.29) is 0 Å². The average molecular weight is 369 g/mol. The van der Waals surface area contributed by atoms with Gasteiger partial charge in [-0.05, 0) is 80.9 Å². The van der Waals surface area contributed by atoms with E-state index in [9.17, 15) is 0 Å². The second-order valence-electron chi connectivity index (χ2n) is 6.42. The van der Waals surface area contributed by atoms with E-state index in [1.54, 1.807) is 0 Å². The Morgan fingerprint density at radius 1 is 0.952 bits per heavy atom. The first kappa shape index (κ1) is 15.9. The Morgan fingerprint density at radius 3 is 2.19 bits per heavy atom. The highest BCUT2D eigenvalue weighted by Gasteiger charge is 2.27. The molecule has 1 aromatic carbocycles. The van der Waals surface area contributed by atoms with E-state index in [1.807, 2.05) is 11.9 Å². The van der Waals surface area contributed by atoms with Crippen molar-refractivity contribution in [3.8, 4) is 0 Å². The molecule has 0 radical (unpaired) electrons. The molecule has 0 saturated carbocycles. The molecular formula is C17H25BrN2S. The minimum Gasteiger partial charge on any atom is -0.300 e. The van der Waals surface area contributed by atoms with Crippen LogP contribution in [0.4, 0.5) is 0 Å². The maximum absolute atomic E-state index is 3.50. The van der Waals surface area contributed by atoms with E-state index >= 15 is 0 Å². The number of piperidine rings is 2. The molecule has 21 heavy (non-hydrogen) atoms. The van der Waals surface area contributed by atoms with Gasteiger partial charge >= 0.3 is 0 Å². The summed E-state index contributed by atoms with van der Waals surface area (Å²) in [5.74, 6) is 0.939. The average Bonchev–Trinajstić information content (AvgIpc) is 2.51. The van der Waals surface area contributed by atoms with E-state index in [2.05, 4.69) is 56.3 Å². The first-order chi connectivity index (χ1) is 10.2. The zero-order valence-corrected chi connectivity index (χ0v) is 15.2. The summed E-state index contributed by atoms with van der Waals surface area (Å²) in [7, 11) is 0. The normalized spacial score (nSPS) is 23.5. The lowest BCUT2D eigenvalue weighted by Crippen LogP contribution is -2.46. The predicted octanol–water partition coefficient (Wildman–Crippen LogP) is 4.65. The number of likely N-dealkylation sites (tertiary alicyclic amines) is 1. The third-order valence-corrected chi connectivity index (χ3v) is 6.44. The largest absolute Gasteiger partial charge is 0.300 e. The van der Waals surface area contributed by atoms with Crippen molar-refractivity contribution in [1.29, 1.82) is 0 Å². The molecule has 0 aliphatic carbocycles. The van der Waals surface area contributed by atoms with E-state index in [1.165, 1.54) is 56.8 Å². The fourth-order valence-corrected chi connectivity index (χ4v) is 4.55. The van der Waals surface area contributed by atoms with Gasteiger partial charge in [-0.15, -0.1) is 0 Å². The molecule has 2 aliphatic heterocycles. The van der Waals surface area contributed by atoms with E-state index in [0.717, 1.165) is 16.4 Å². The summed E-state index contributed by atoms with van der Waals surface area (Å²) in [6.07, 6.45) is 5.46. The standard InChI is InChI=1S/C17H25BrN2S/c1-14-6-10-19(11-7-14)16-8-12-20(13-9-16)21-17-4-2-15(18)3-5-17/h2-5,14,16H,6-13H2,1H3. The summed E-state index contributed by atoms with van der Waals surface area (Å²) in [5, 5.41) is 0. The Kier molecular flexibility index (Phi) is 5.66. The third kappa shape index (κ3) is 4.47.